The average molecular weight is 226 g/mol. The molecule has 0 aromatic rings. The van der Waals surface area contributed by atoms with Crippen LogP contribution >= 0.6 is 31.9 Å². The zero-order chi connectivity index (χ0) is 5.28. The van der Waals surface area contributed by atoms with Crippen molar-refractivity contribution in [1.82, 2.24) is 0 Å². The van der Waals surface area contributed by atoms with Crippen molar-refractivity contribution in [3.8, 4) is 0 Å². The maximum atomic E-state index is 3.49. The average Bonchev–Trinajstić information content (AvgIpc) is 1.91. The molecule has 7 heavy (non-hydrogen) atoms. The van der Waals surface area contributed by atoms with Crippen LogP contribution in [0.2, 0.25) is 0 Å². The first-order valence-electron chi connectivity index (χ1n) is 2.25. The third-order valence-electron chi connectivity index (χ3n) is 1.03. The van der Waals surface area contributed by atoms with Crippen LogP contribution in [0.3, 0.4) is 0 Å². The van der Waals surface area contributed by atoms with Crippen LogP contribution in [0.5, 0.6) is 0 Å². The Hall–Kier alpha value is 0.700. The Balaban J connectivity index is 2.45. The van der Waals surface area contributed by atoms with Crippen LogP contribution in [0.1, 0.15) is 6.42 Å². The van der Waals surface area contributed by atoms with Gasteiger partial charge in [-0.2, -0.15) is 0 Å². The molecule has 0 unspecified atom stereocenters. The Bertz CT molecular complexity index is 88.1. The van der Waals surface area contributed by atoms with E-state index in [9.17, 15) is 0 Å². The van der Waals surface area contributed by atoms with E-state index >= 15 is 0 Å². The van der Waals surface area contributed by atoms with Gasteiger partial charge in [-0.1, -0.05) is 44.0 Å². The van der Waals surface area contributed by atoms with Gasteiger partial charge >= 0.3 is 0 Å². The Morgan fingerprint density at radius 1 is 1.43 bits per heavy atom. The highest BCUT2D eigenvalue weighted by Crippen LogP contribution is 2.24. The van der Waals surface area contributed by atoms with E-state index in [2.05, 4.69) is 44.0 Å². The smallest absolute Gasteiger partial charge is 0.0453 e. The minimum absolute atomic E-state index is 0.562. The fourth-order valence-electron chi connectivity index (χ4n) is 0.589. The summed E-state index contributed by atoms with van der Waals surface area (Å²) in [7, 11) is 0. The molecule has 2 heteroatoms. The van der Waals surface area contributed by atoms with Gasteiger partial charge in [0.15, 0.2) is 0 Å². The molecular formula is C5H6Br2. The third-order valence-corrected chi connectivity index (χ3v) is 3.62. The molecule has 40 valence electrons. The van der Waals surface area contributed by atoms with Crippen molar-refractivity contribution in [1.29, 1.82) is 0 Å². The lowest BCUT2D eigenvalue weighted by atomic mass is 10.4. The van der Waals surface area contributed by atoms with E-state index in [0.717, 1.165) is 6.42 Å². The van der Waals surface area contributed by atoms with Crippen LogP contribution in [-0.4, -0.2) is 9.65 Å². The molecule has 0 aromatic heterocycles. The van der Waals surface area contributed by atoms with Gasteiger partial charge in [-0.3, -0.25) is 0 Å². The van der Waals surface area contributed by atoms with Gasteiger partial charge in [-0.15, -0.1) is 0 Å². The summed E-state index contributed by atoms with van der Waals surface area (Å²) in [6.45, 7) is 0. The van der Waals surface area contributed by atoms with Crippen molar-refractivity contribution in [2.45, 2.75) is 16.1 Å². The zero-order valence-electron chi connectivity index (χ0n) is 3.77. The first-order chi connectivity index (χ1) is 3.30. The van der Waals surface area contributed by atoms with Gasteiger partial charge in [-0.05, 0) is 6.42 Å². The van der Waals surface area contributed by atoms with Crippen molar-refractivity contribution in [3.63, 3.8) is 0 Å². The van der Waals surface area contributed by atoms with E-state index in [1.165, 1.54) is 0 Å². The third kappa shape index (κ3) is 1.29. The summed E-state index contributed by atoms with van der Waals surface area (Å²) in [6.07, 6.45) is 5.51. The molecule has 0 aromatic carbocycles. The van der Waals surface area contributed by atoms with Crippen LogP contribution in [0.15, 0.2) is 12.2 Å². The van der Waals surface area contributed by atoms with Crippen molar-refractivity contribution < 1.29 is 0 Å². The van der Waals surface area contributed by atoms with E-state index in [0.29, 0.717) is 9.65 Å². The lowest BCUT2D eigenvalue weighted by Crippen LogP contribution is -2.02. The van der Waals surface area contributed by atoms with E-state index in [1.54, 1.807) is 0 Å². The van der Waals surface area contributed by atoms with Gasteiger partial charge in [0.2, 0.25) is 0 Å². The molecule has 0 fully saturated rings. The summed E-state index contributed by atoms with van der Waals surface area (Å²) >= 11 is 6.96. The van der Waals surface area contributed by atoms with E-state index < -0.39 is 0 Å². The predicted octanol–water partition coefficient (Wildman–Crippen LogP) is 2.47. The molecule has 0 aliphatic heterocycles. The molecule has 0 radical (unpaired) electrons. The molecule has 1 rings (SSSR count). The number of rotatable bonds is 0. The summed E-state index contributed by atoms with van der Waals surface area (Å²) in [4.78, 5) is 1.19. The summed E-state index contributed by atoms with van der Waals surface area (Å²) in [5.41, 5.74) is 0. The Kier molecular flexibility index (Phi) is 1.93. The first-order valence-corrected chi connectivity index (χ1v) is 4.08. The SMILES string of the molecule is Br[C@H]1C=CC[C@@H]1Br. The van der Waals surface area contributed by atoms with Crippen LogP contribution in [0, 0.1) is 0 Å². The van der Waals surface area contributed by atoms with Crippen LogP contribution in [0.4, 0.5) is 0 Å². The second-order valence-electron chi connectivity index (χ2n) is 1.62. The van der Waals surface area contributed by atoms with Crippen LogP contribution < -0.4 is 0 Å². The minimum atomic E-state index is 0.562. The van der Waals surface area contributed by atoms with Crippen molar-refractivity contribution >= 4 is 31.9 Å². The summed E-state index contributed by atoms with van der Waals surface area (Å²) in [6, 6.07) is 0. The van der Waals surface area contributed by atoms with Gasteiger partial charge in [-0.25, -0.2) is 0 Å². The Morgan fingerprint density at radius 3 is 2.29 bits per heavy atom. The number of allylic oxidation sites excluding steroid dienone is 2. The molecule has 0 heterocycles. The maximum Gasteiger partial charge on any atom is 0.0453 e. The van der Waals surface area contributed by atoms with Gasteiger partial charge in [0, 0.05) is 9.65 Å². The molecule has 1 aliphatic carbocycles. The van der Waals surface area contributed by atoms with Gasteiger partial charge in [0.05, 0.1) is 0 Å². The van der Waals surface area contributed by atoms with E-state index in [-0.39, 0.29) is 0 Å². The van der Waals surface area contributed by atoms with Crippen molar-refractivity contribution in [3.05, 3.63) is 12.2 Å². The van der Waals surface area contributed by atoms with Crippen LogP contribution in [0.25, 0.3) is 0 Å². The fraction of sp³-hybridized carbons (Fsp3) is 0.600. The predicted molar refractivity (Wildman–Crippen MR) is 39.2 cm³/mol. The highest BCUT2D eigenvalue weighted by Gasteiger charge is 2.15. The standard InChI is InChI=1S/C5H6Br2/c6-4-2-1-3-5(4)7/h1-2,4-5H,3H2/t4-,5-/m0/s1. The van der Waals surface area contributed by atoms with Gasteiger partial charge in [0.1, 0.15) is 0 Å². The number of hydrogen-bond donors (Lipinski definition) is 0. The van der Waals surface area contributed by atoms with Crippen LogP contribution in [-0.2, 0) is 0 Å². The Morgan fingerprint density at radius 2 is 2.14 bits per heavy atom. The molecule has 0 nitrogen and oxygen atoms in total. The normalized spacial score (nSPS) is 39.7. The highest BCUT2D eigenvalue weighted by molar-refractivity contribution is 9.12. The van der Waals surface area contributed by atoms with Gasteiger partial charge < -0.3 is 0 Å². The Labute approximate surface area is 60.2 Å². The highest BCUT2D eigenvalue weighted by atomic mass is 79.9. The molecule has 0 saturated carbocycles. The summed E-state index contributed by atoms with van der Waals surface area (Å²) in [5, 5.41) is 0. The molecule has 0 amide bonds. The second-order valence-corrected chi connectivity index (χ2v) is 3.86. The molecule has 0 spiro atoms. The molecule has 0 saturated heterocycles. The van der Waals surface area contributed by atoms with E-state index in [4.69, 9.17) is 0 Å². The molecule has 1 aliphatic rings. The molecular weight excluding hydrogens is 220 g/mol. The minimum Gasteiger partial charge on any atom is -0.0872 e. The van der Waals surface area contributed by atoms with Gasteiger partial charge in [0.25, 0.3) is 0 Å². The zero-order valence-corrected chi connectivity index (χ0v) is 6.94. The lowest BCUT2D eigenvalue weighted by molar-refractivity contribution is 0.998. The summed E-state index contributed by atoms with van der Waals surface area (Å²) < 4.78 is 0. The van der Waals surface area contributed by atoms with Crippen molar-refractivity contribution in [2.24, 2.45) is 0 Å². The molecule has 0 N–H and O–H groups in total. The number of alkyl halides is 2. The lowest BCUT2D eigenvalue weighted by Gasteiger charge is -2.00. The topological polar surface area (TPSA) is 0 Å². The molecule has 0 bridgehead atoms. The monoisotopic (exact) mass is 224 g/mol. The maximum absolute atomic E-state index is 3.49. The first kappa shape index (κ1) is 5.83. The number of halogens is 2. The fourth-order valence-corrected chi connectivity index (χ4v) is 1.41. The van der Waals surface area contributed by atoms with E-state index in [1.807, 2.05) is 0 Å². The largest absolute Gasteiger partial charge is 0.0872 e. The van der Waals surface area contributed by atoms with Crippen molar-refractivity contribution in [2.75, 3.05) is 0 Å². The quantitative estimate of drug-likeness (QED) is 0.439. The molecule has 2 atom stereocenters. The second kappa shape index (κ2) is 2.31. The summed E-state index contributed by atoms with van der Waals surface area (Å²) in [5.74, 6) is 0. The number of hydrogen-bond acceptors (Lipinski definition) is 0.